The number of pyridine rings is 1. The lowest BCUT2D eigenvalue weighted by Crippen LogP contribution is -2.11. The molecule has 0 fully saturated rings. The molecule has 0 aliphatic heterocycles. The van der Waals surface area contributed by atoms with E-state index in [4.69, 9.17) is 4.74 Å². The fourth-order valence-corrected chi connectivity index (χ4v) is 3.79. The number of H-pyrrole nitrogens is 1. The van der Waals surface area contributed by atoms with Crippen LogP contribution in [0.4, 0.5) is 22.0 Å². The van der Waals surface area contributed by atoms with E-state index in [0.717, 1.165) is 18.2 Å². The average molecular weight is 507 g/mol. The number of aryl methyl sites for hydroxylation is 1. The van der Waals surface area contributed by atoms with Crippen molar-refractivity contribution in [1.29, 1.82) is 0 Å². The number of nitrogens with zero attached hydrogens (tertiary/aromatic N) is 2. The molecule has 0 saturated carbocycles. The molecule has 0 unspecified atom stereocenters. The largest absolute Gasteiger partial charge is 0.506 e. The number of halogens is 5. The Bertz CT molecular complexity index is 1490. The van der Waals surface area contributed by atoms with Crippen molar-refractivity contribution in [3.8, 4) is 22.8 Å². The summed E-state index contributed by atoms with van der Waals surface area (Å²) in [4.78, 5) is 17.4. The number of aromatic nitrogens is 3. The molecular formula is C24H18F5N3O4. The second-order valence-corrected chi connectivity index (χ2v) is 7.95. The number of alkyl halides is 3. The third-order valence-electron chi connectivity index (χ3n) is 5.51. The van der Waals surface area contributed by atoms with Crippen LogP contribution >= 0.6 is 0 Å². The van der Waals surface area contributed by atoms with Crippen molar-refractivity contribution in [3.05, 3.63) is 92.4 Å². The molecular weight excluding hydrogens is 489 g/mol. The number of hydrogen-bond acceptors (Lipinski definition) is 6. The van der Waals surface area contributed by atoms with Crippen LogP contribution in [0.3, 0.4) is 0 Å². The van der Waals surface area contributed by atoms with E-state index in [-0.39, 0.29) is 35.9 Å². The Morgan fingerprint density at radius 3 is 2.56 bits per heavy atom. The van der Waals surface area contributed by atoms with Gasteiger partial charge >= 0.3 is 11.9 Å². The van der Waals surface area contributed by atoms with E-state index in [2.05, 4.69) is 19.6 Å². The van der Waals surface area contributed by atoms with Crippen LogP contribution in [0.1, 0.15) is 33.8 Å². The summed E-state index contributed by atoms with van der Waals surface area (Å²) in [6.07, 6.45) is -5.01. The van der Waals surface area contributed by atoms with Crippen molar-refractivity contribution >= 4 is 0 Å². The van der Waals surface area contributed by atoms with Gasteiger partial charge in [-0.05, 0) is 54.8 Å². The Hall–Kier alpha value is -4.22. The molecule has 0 radical (unpaired) electrons. The van der Waals surface area contributed by atoms with Crippen LogP contribution in [0.25, 0.3) is 11.3 Å². The lowest BCUT2D eigenvalue weighted by molar-refractivity contribution is -0.139. The molecule has 188 valence electrons. The molecule has 12 heteroatoms. The van der Waals surface area contributed by atoms with Gasteiger partial charge in [0.05, 0.1) is 0 Å². The van der Waals surface area contributed by atoms with Gasteiger partial charge in [-0.1, -0.05) is 17.3 Å². The van der Waals surface area contributed by atoms with Gasteiger partial charge in [0, 0.05) is 17.7 Å². The number of ether oxygens (including phenoxy) is 1. The second-order valence-electron chi connectivity index (χ2n) is 7.95. The average Bonchev–Trinajstić information content (AvgIpc) is 3.23. The first-order valence-electron chi connectivity index (χ1n) is 10.5. The maximum absolute atomic E-state index is 15.0. The molecule has 4 rings (SSSR count). The van der Waals surface area contributed by atoms with Crippen LogP contribution in [-0.2, 0) is 19.2 Å². The monoisotopic (exact) mass is 507 g/mol. The fourth-order valence-electron chi connectivity index (χ4n) is 3.79. The van der Waals surface area contributed by atoms with Gasteiger partial charge in [-0.25, -0.2) is 18.6 Å². The Balaban J connectivity index is 1.67. The molecule has 0 bridgehead atoms. The van der Waals surface area contributed by atoms with E-state index < -0.39 is 46.1 Å². The van der Waals surface area contributed by atoms with Crippen molar-refractivity contribution < 1.29 is 36.3 Å². The number of rotatable bonds is 6. The van der Waals surface area contributed by atoms with Crippen molar-refractivity contribution in [2.75, 3.05) is 0 Å². The number of benzene rings is 2. The Morgan fingerprint density at radius 1 is 1.14 bits per heavy atom. The van der Waals surface area contributed by atoms with Gasteiger partial charge in [0.2, 0.25) is 0 Å². The highest BCUT2D eigenvalue weighted by Gasteiger charge is 2.38. The summed E-state index contributed by atoms with van der Waals surface area (Å²) >= 11 is 0. The van der Waals surface area contributed by atoms with Crippen molar-refractivity contribution in [2.45, 2.75) is 33.1 Å². The van der Waals surface area contributed by atoms with E-state index in [1.165, 1.54) is 19.1 Å². The highest BCUT2D eigenvalue weighted by atomic mass is 19.4. The van der Waals surface area contributed by atoms with Crippen LogP contribution in [-0.4, -0.2) is 20.2 Å². The first-order valence-corrected chi connectivity index (χ1v) is 10.5. The van der Waals surface area contributed by atoms with Gasteiger partial charge in [0.25, 0.3) is 0 Å². The van der Waals surface area contributed by atoms with E-state index in [1.54, 1.807) is 6.92 Å². The quantitative estimate of drug-likeness (QED) is 0.348. The summed E-state index contributed by atoms with van der Waals surface area (Å²) in [6, 6.07) is 6.73. The van der Waals surface area contributed by atoms with Crippen LogP contribution in [0.5, 0.6) is 11.5 Å². The predicted octanol–water partition coefficient (Wildman–Crippen LogP) is 5.21. The summed E-state index contributed by atoms with van der Waals surface area (Å²) < 4.78 is 79.3. The predicted molar refractivity (Wildman–Crippen MR) is 116 cm³/mol. The molecule has 0 aliphatic rings. The standard InChI is InChI=1S/C24H18F5N3O4/c1-11-8-18(35-10-19-31-23(34)36-32-19)21(26)12(2)15(11)9-13-6-7-17(33)22(30-13)14-4-3-5-16(25)20(14)24(27,28)29/h3-8,33H,9-10H2,1-2H3,(H,31,32,34). The number of hydrogen-bond donors (Lipinski definition) is 2. The van der Waals surface area contributed by atoms with E-state index in [0.29, 0.717) is 17.2 Å². The van der Waals surface area contributed by atoms with Crippen LogP contribution in [0.15, 0.2) is 45.7 Å². The highest BCUT2D eigenvalue weighted by Crippen LogP contribution is 2.41. The topological polar surface area (TPSA) is 101 Å². The van der Waals surface area contributed by atoms with Gasteiger partial charge in [-0.2, -0.15) is 13.2 Å². The molecule has 2 aromatic heterocycles. The molecule has 0 amide bonds. The minimum atomic E-state index is -5.02. The summed E-state index contributed by atoms with van der Waals surface area (Å²) in [5.74, 6) is -3.57. The van der Waals surface area contributed by atoms with Gasteiger partial charge in [0.15, 0.2) is 17.4 Å². The fraction of sp³-hybridized carbons (Fsp3) is 0.208. The van der Waals surface area contributed by atoms with E-state index in [1.807, 2.05) is 0 Å². The van der Waals surface area contributed by atoms with Gasteiger partial charge < -0.3 is 9.84 Å². The SMILES string of the molecule is Cc1cc(OCc2noc(=O)[nH]2)c(F)c(C)c1Cc1ccc(O)c(-c2cccc(F)c2C(F)(F)F)n1. The molecule has 2 aromatic carbocycles. The van der Waals surface area contributed by atoms with Crippen LogP contribution in [0.2, 0.25) is 0 Å². The van der Waals surface area contributed by atoms with Gasteiger partial charge in [-0.3, -0.25) is 9.51 Å². The lowest BCUT2D eigenvalue weighted by Gasteiger charge is -2.17. The third-order valence-corrected chi connectivity index (χ3v) is 5.51. The lowest BCUT2D eigenvalue weighted by atomic mass is 9.96. The normalized spacial score (nSPS) is 11.6. The van der Waals surface area contributed by atoms with Crippen LogP contribution < -0.4 is 10.5 Å². The first-order chi connectivity index (χ1) is 17.0. The van der Waals surface area contributed by atoms with Crippen LogP contribution in [0, 0.1) is 25.5 Å². The molecule has 0 atom stereocenters. The molecule has 2 heterocycles. The van der Waals surface area contributed by atoms with E-state index in [9.17, 15) is 27.5 Å². The van der Waals surface area contributed by atoms with Crippen molar-refractivity contribution in [2.24, 2.45) is 0 Å². The Kier molecular flexibility index (Phi) is 6.53. The van der Waals surface area contributed by atoms with Gasteiger partial charge in [0.1, 0.15) is 29.4 Å². The molecule has 36 heavy (non-hydrogen) atoms. The zero-order valence-electron chi connectivity index (χ0n) is 18.8. The minimum absolute atomic E-state index is 0.00934. The van der Waals surface area contributed by atoms with Crippen molar-refractivity contribution in [1.82, 2.24) is 15.1 Å². The smallest absolute Gasteiger partial charge is 0.439 e. The zero-order chi connectivity index (χ0) is 26.2. The third kappa shape index (κ3) is 4.92. The molecule has 0 aliphatic carbocycles. The molecule has 0 spiro atoms. The molecule has 7 nitrogen and oxygen atoms in total. The summed E-state index contributed by atoms with van der Waals surface area (Å²) in [7, 11) is 0. The molecule has 0 saturated heterocycles. The minimum Gasteiger partial charge on any atom is -0.506 e. The second kappa shape index (κ2) is 9.44. The number of aromatic hydroxyl groups is 1. The summed E-state index contributed by atoms with van der Waals surface area (Å²) in [5, 5.41) is 13.6. The van der Waals surface area contributed by atoms with E-state index >= 15 is 4.39 Å². The maximum atomic E-state index is 15.0. The zero-order valence-corrected chi connectivity index (χ0v) is 18.8. The highest BCUT2D eigenvalue weighted by molar-refractivity contribution is 5.70. The Morgan fingerprint density at radius 2 is 1.89 bits per heavy atom. The van der Waals surface area contributed by atoms with Gasteiger partial charge in [-0.15, -0.1) is 0 Å². The first kappa shape index (κ1) is 24.9. The molecule has 4 aromatic rings. The maximum Gasteiger partial charge on any atom is 0.439 e. The number of nitrogens with one attached hydrogen (secondary N) is 1. The molecule has 2 N–H and O–H groups in total. The number of aromatic amines is 1. The Labute approximate surface area is 200 Å². The summed E-state index contributed by atoms with van der Waals surface area (Å²) in [6.45, 7) is 2.93. The van der Waals surface area contributed by atoms with Crippen molar-refractivity contribution in [3.63, 3.8) is 0 Å². The summed E-state index contributed by atoms with van der Waals surface area (Å²) in [5.41, 5.74) is -1.09.